The SMILES string of the molecule is CC(C)c1cccc(-c2cccc3sc4ccccc4c23)c1C(C)(C)C. The van der Waals surface area contributed by atoms with Crippen LogP contribution < -0.4 is 0 Å². The van der Waals surface area contributed by atoms with Gasteiger partial charge in [-0.25, -0.2) is 0 Å². The van der Waals surface area contributed by atoms with Crippen LogP contribution in [0.25, 0.3) is 31.3 Å². The number of benzene rings is 3. The first-order chi connectivity index (χ1) is 12.4. The Morgan fingerprint density at radius 2 is 1.38 bits per heavy atom. The van der Waals surface area contributed by atoms with Crippen molar-refractivity contribution in [1.82, 2.24) is 0 Å². The highest BCUT2D eigenvalue weighted by molar-refractivity contribution is 7.25. The molecular weight excluding hydrogens is 332 g/mol. The van der Waals surface area contributed by atoms with Crippen molar-refractivity contribution in [2.24, 2.45) is 0 Å². The summed E-state index contributed by atoms with van der Waals surface area (Å²) in [7, 11) is 0. The zero-order valence-electron chi connectivity index (χ0n) is 16.3. The molecular formula is C25H26S. The first-order valence-electron chi connectivity index (χ1n) is 9.42. The van der Waals surface area contributed by atoms with E-state index in [4.69, 9.17) is 0 Å². The molecule has 0 aliphatic rings. The molecule has 0 amide bonds. The van der Waals surface area contributed by atoms with Crippen LogP contribution in [-0.2, 0) is 5.41 Å². The standard InChI is InChI=1S/C25H26S/c1-16(2)17-11-8-13-19(24(17)25(3,4)5)18-12-9-15-22-23(18)20-10-6-7-14-21(20)26-22/h6-16H,1-5H3. The largest absolute Gasteiger partial charge is 0.135 e. The Hall–Kier alpha value is -2.12. The van der Waals surface area contributed by atoms with Crippen LogP contribution in [0.5, 0.6) is 0 Å². The highest BCUT2D eigenvalue weighted by Gasteiger charge is 2.24. The second-order valence-corrected chi connectivity index (χ2v) is 9.54. The minimum absolute atomic E-state index is 0.101. The molecule has 0 aliphatic heterocycles. The molecule has 4 aromatic rings. The molecule has 1 heteroatoms. The molecule has 0 nitrogen and oxygen atoms in total. The van der Waals surface area contributed by atoms with Gasteiger partial charge in [0, 0.05) is 20.2 Å². The van der Waals surface area contributed by atoms with Gasteiger partial charge in [0.25, 0.3) is 0 Å². The number of thiophene rings is 1. The molecule has 3 aromatic carbocycles. The average Bonchev–Trinajstić information content (AvgIpc) is 2.99. The van der Waals surface area contributed by atoms with E-state index in [2.05, 4.69) is 95.3 Å². The highest BCUT2D eigenvalue weighted by Crippen LogP contribution is 2.44. The third-order valence-corrected chi connectivity index (χ3v) is 6.30. The molecule has 0 atom stereocenters. The Labute approximate surface area is 160 Å². The van der Waals surface area contributed by atoms with Crippen LogP contribution in [-0.4, -0.2) is 0 Å². The number of hydrogen-bond acceptors (Lipinski definition) is 1. The summed E-state index contributed by atoms with van der Waals surface area (Å²) in [6, 6.07) is 22.4. The molecule has 0 spiro atoms. The second kappa shape index (κ2) is 6.25. The molecule has 0 fully saturated rings. The fourth-order valence-corrected chi connectivity index (χ4v) is 5.24. The summed E-state index contributed by atoms with van der Waals surface area (Å²) in [5, 5.41) is 2.78. The highest BCUT2D eigenvalue weighted by atomic mass is 32.1. The van der Waals surface area contributed by atoms with Crippen molar-refractivity contribution in [3.8, 4) is 11.1 Å². The van der Waals surface area contributed by atoms with Crippen molar-refractivity contribution in [1.29, 1.82) is 0 Å². The van der Waals surface area contributed by atoms with Crippen LogP contribution in [0.2, 0.25) is 0 Å². The van der Waals surface area contributed by atoms with Crippen molar-refractivity contribution in [3.05, 3.63) is 71.8 Å². The Bertz CT molecular complexity index is 1090. The predicted octanol–water partition coefficient (Wildman–Crippen LogP) is 8.14. The van der Waals surface area contributed by atoms with Crippen LogP contribution in [0, 0.1) is 0 Å². The maximum atomic E-state index is 2.34. The van der Waals surface area contributed by atoms with Crippen molar-refractivity contribution in [2.45, 2.75) is 46.0 Å². The van der Waals surface area contributed by atoms with Crippen molar-refractivity contribution < 1.29 is 0 Å². The summed E-state index contributed by atoms with van der Waals surface area (Å²) in [5.41, 5.74) is 5.80. The van der Waals surface area contributed by atoms with Gasteiger partial charge in [0.1, 0.15) is 0 Å². The third-order valence-electron chi connectivity index (χ3n) is 5.16. The van der Waals surface area contributed by atoms with Gasteiger partial charge in [-0.15, -0.1) is 11.3 Å². The number of fused-ring (bicyclic) bond motifs is 3. The van der Waals surface area contributed by atoms with E-state index < -0.39 is 0 Å². The molecule has 1 aromatic heterocycles. The molecule has 0 unspecified atom stereocenters. The molecule has 0 saturated heterocycles. The molecule has 1 heterocycles. The lowest BCUT2D eigenvalue weighted by molar-refractivity contribution is 0.579. The van der Waals surface area contributed by atoms with Gasteiger partial charge in [0.15, 0.2) is 0 Å². The van der Waals surface area contributed by atoms with E-state index in [-0.39, 0.29) is 5.41 Å². The van der Waals surface area contributed by atoms with Crippen molar-refractivity contribution in [3.63, 3.8) is 0 Å². The second-order valence-electron chi connectivity index (χ2n) is 8.45. The summed E-state index contributed by atoms with van der Waals surface area (Å²) in [6.07, 6.45) is 0. The molecule has 0 radical (unpaired) electrons. The Balaban J connectivity index is 2.13. The first kappa shape index (κ1) is 17.3. The minimum Gasteiger partial charge on any atom is -0.135 e. The van der Waals surface area contributed by atoms with Gasteiger partial charge in [-0.1, -0.05) is 83.1 Å². The van der Waals surface area contributed by atoms with Crippen LogP contribution >= 0.6 is 11.3 Å². The predicted molar refractivity (Wildman–Crippen MR) is 118 cm³/mol. The molecule has 0 N–H and O–H groups in total. The van der Waals surface area contributed by atoms with Gasteiger partial charge in [-0.3, -0.25) is 0 Å². The lowest BCUT2D eigenvalue weighted by Crippen LogP contribution is -2.16. The summed E-state index contributed by atoms with van der Waals surface area (Å²) in [4.78, 5) is 0. The average molecular weight is 359 g/mol. The maximum Gasteiger partial charge on any atom is 0.0361 e. The topological polar surface area (TPSA) is 0 Å². The van der Waals surface area contributed by atoms with Crippen LogP contribution in [0.4, 0.5) is 0 Å². The van der Waals surface area contributed by atoms with E-state index in [9.17, 15) is 0 Å². The fraction of sp³-hybridized carbons (Fsp3) is 0.280. The summed E-state index contributed by atoms with van der Waals surface area (Å²) in [5.74, 6) is 0.516. The van der Waals surface area contributed by atoms with Crippen LogP contribution in [0.1, 0.15) is 51.7 Å². The van der Waals surface area contributed by atoms with E-state index in [1.807, 2.05) is 11.3 Å². The fourth-order valence-electron chi connectivity index (χ4n) is 4.11. The minimum atomic E-state index is 0.101. The molecule has 0 saturated carbocycles. The van der Waals surface area contributed by atoms with Crippen LogP contribution in [0.3, 0.4) is 0 Å². The van der Waals surface area contributed by atoms with Crippen LogP contribution in [0.15, 0.2) is 60.7 Å². The van der Waals surface area contributed by atoms with E-state index in [0.29, 0.717) is 5.92 Å². The Morgan fingerprint density at radius 1 is 0.731 bits per heavy atom. The lowest BCUT2D eigenvalue weighted by Gasteiger charge is -2.28. The summed E-state index contributed by atoms with van der Waals surface area (Å²) < 4.78 is 2.74. The van der Waals surface area contributed by atoms with E-state index in [0.717, 1.165) is 0 Å². The number of hydrogen-bond donors (Lipinski definition) is 0. The molecule has 0 bridgehead atoms. The zero-order valence-corrected chi connectivity index (χ0v) is 17.1. The number of rotatable bonds is 2. The molecule has 132 valence electrons. The first-order valence-corrected chi connectivity index (χ1v) is 10.2. The summed E-state index contributed by atoms with van der Waals surface area (Å²) in [6.45, 7) is 11.6. The van der Waals surface area contributed by atoms with Gasteiger partial charge in [0.05, 0.1) is 0 Å². The molecule has 26 heavy (non-hydrogen) atoms. The van der Waals surface area contributed by atoms with E-state index in [1.54, 1.807) is 0 Å². The smallest absolute Gasteiger partial charge is 0.0361 e. The zero-order chi connectivity index (χ0) is 18.5. The van der Waals surface area contributed by atoms with Crippen molar-refractivity contribution >= 4 is 31.5 Å². The van der Waals surface area contributed by atoms with Gasteiger partial charge in [-0.2, -0.15) is 0 Å². The monoisotopic (exact) mass is 358 g/mol. The molecule has 4 rings (SSSR count). The van der Waals surface area contributed by atoms with E-state index >= 15 is 0 Å². The van der Waals surface area contributed by atoms with Gasteiger partial charge >= 0.3 is 0 Å². The Kier molecular flexibility index (Phi) is 4.16. The van der Waals surface area contributed by atoms with Gasteiger partial charge in [0.2, 0.25) is 0 Å². The van der Waals surface area contributed by atoms with Crippen molar-refractivity contribution in [2.75, 3.05) is 0 Å². The Morgan fingerprint density at radius 3 is 2.12 bits per heavy atom. The molecule has 0 aliphatic carbocycles. The third kappa shape index (κ3) is 2.75. The summed E-state index contributed by atoms with van der Waals surface area (Å²) >= 11 is 1.89. The van der Waals surface area contributed by atoms with Gasteiger partial charge < -0.3 is 0 Å². The van der Waals surface area contributed by atoms with Gasteiger partial charge in [-0.05, 0) is 45.7 Å². The lowest BCUT2D eigenvalue weighted by atomic mass is 9.76. The normalized spacial score (nSPS) is 12.4. The quantitative estimate of drug-likeness (QED) is 0.339. The maximum absolute atomic E-state index is 2.34. The van der Waals surface area contributed by atoms with E-state index in [1.165, 1.54) is 42.4 Å².